The SMILES string of the molecule is Cn1ccc([C@H]2[C@@H]3CN(C(=O)OC(C)(C)C)C[C@@H]32)n1. The van der Waals surface area contributed by atoms with Crippen LogP contribution in [0.1, 0.15) is 32.4 Å². The van der Waals surface area contributed by atoms with Crippen molar-refractivity contribution >= 4 is 6.09 Å². The number of amides is 1. The molecule has 104 valence electrons. The van der Waals surface area contributed by atoms with Gasteiger partial charge in [-0.2, -0.15) is 5.10 Å². The van der Waals surface area contributed by atoms with Crippen LogP contribution in [-0.2, 0) is 11.8 Å². The molecule has 1 aromatic heterocycles. The first-order chi connectivity index (χ1) is 8.85. The van der Waals surface area contributed by atoms with Crippen molar-refractivity contribution in [2.45, 2.75) is 32.3 Å². The number of rotatable bonds is 1. The quantitative estimate of drug-likeness (QED) is 0.778. The van der Waals surface area contributed by atoms with Crippen LogP contribution in [0.3, 0.4) is 0 Å². The minimum atomic E-state index is -0.412. The van der Waals surface area contributed by atoms with Crippen LogP contribution in [0.5, 0.6) is 0 Å². The first kappa shape index (κ1) is 12.5. The maximum Gasteiger partial charge on any atom is 0.410 e. The monoisotopic (exact) mass is 263 g/mol. The van der Waals surface area contributed by atoms with Gasteiger partial charge < -0.3 is 9.64 Å². The molecule has 0 aromatic carbocycles. The van der Waals surface area contributed by atoms with Gasteiger partial charge in [-0.05, 0) is 38.7 Å². The van der Waals surface area contributed by atoms with Crippen LogP contribution >= 0.6 is 0 Å². The highest BCUT2D eigenvalue weighted by molar-refractivity contribution is 5.69. The molecule has 1 saturated heterocycles. The topological polar surface area (TPSA) is 47.4 Å². The van der Waals surface area contributed by atoms with E-state index >= 15 is 0 Å². The average molecular weight is 263 g/mol. The Kier molecular flexibility index (Phi) is 2.62. The molecule has 0 bridgehead atoms. The van der Waals surface area contributed by atoms with Gasteiger partial charge in [-0.1, -0.05) is 0 Å². The van der Waals surface area contributed by atoms with Gasteiger partial charge in [0.15, 0.2) is 0 Å². The summed E-state index contributed by atoms with van der Waals surface area (Å²) in [6, 6.07) is 2.08. The number of hydrogen-bond donors (Lipinski definition) is 0. The van der Waals surface area contributed by atoms with Crippen LogP contribution in [0, 0.1) is 11.8 Å². The molecule has 3 rings (SSSR count). The highest BCUT2D eigenvalue weighted by Crippen LogP contribution is 2.57. The van der Waals surface area contributed by atoms with Crippen LogP contribution < -0.4 is 0 Å². The minimum absolute atomic E-state index is 0.181. The molecule has 5 nitrogen and oxygen atoms in total. The number of aryl methyl sites for hydroxylation is 1. The Morgan fingerprint density at radius 3 is 2.47 bits per heavy atom. The van der Waals surface area contributed by atoms with Crippen molar-refractivity contribution in [3.63, 3.8) is 0 Å². The van der Waals surface area contributed by atoms with E-state index in [0.717, 1.165) is 13.1 Å². The largest absolute Gasteiger partial charge is 0.444 e. The van der Waals surface area contributed by atoms with Crippen molar-refractivity contribution in [3.05, 3.63) is 18.0 Å². The zero-order valence-corrected chi connectivity index (χ0v) is 12.0. The number of carbonyl (C=O) groups excluding carboxylic acids is 1. The predicted molar refractivity (Wildman–Crippen MR) is 70.7 cm³/mol. The third kappa shape index (κ3) is 2.33. The van der Waals surface area contributed by atoms with E-state index in [1.54, 1.807) is 0 Å². The number of carbonyl (C=O) groups is 1. The molecule has 19 heavy (non-hydrogen) atoms. The zero-order chi connectivity index (χ0) is 13.8. The number of piperidine rings is 1. The second-order valence-electron chi connectivity index (χ2n) is 6.65. The maximum absolute atomic E-state index is 12.0. The van der Waals surface area contributed by atoms with Gasteiger partial charge in [0.05, 0.1) is 5.69 Å². The lowest BCUT2D eigenvalue weighted by molar-refractivity contribution is 0.0270. The lowest BCUT2D eigenvalue weighted by Crippen LogP contribution is -2.36. The summed E-state index contributed by atoms with van der Waals surface area (Å²) in [6.45, 7) is 7.32. The molecule has 2 heterocycles. The summed E-state index contributed by atoms with van der Waals surface area (Å²) in [5.74, 6) is 1.68. The van der Waals surface area contributed by atoms with Gasteiger partial charge in [-0.3, -0.25) is 4.68 Å². The molecule has 1 aliphatic carbocycles. The van der Waals surface area contributed by atoms with Crippen LogP contribution in [0.2, 0.25) is 0 Å². The lowest BCUT2D eigenvalue weighted by atomic mass is 10.2. The molecule has 1 aliphatic heterocycles. The second-order valence-corrected chi connectivity index (χ2v) is 6.65. The van der Waals surface area contributed by atoms with Crippen LogP contribution in [-0.4, -0.2) is 39.5 Å². The number of nitrogens with zero attached hydrogens (tertiary/aromatic N) is 3. The highest BCUT2D eigenvalue weighted by Gasteiger charge is 2.58. The second kappa shape index (κ2) is 3.99. The van der Waals surface area contributed by atoms with E-state index < -0.39 is 5.60 Å². The van der Waals surface area contributed by atoms with Gasteiger partial charge in [0, 0.05) is 32.3 Å². The fraction of sp³-hybridized carbons (Fsp3) is 0.714. The van der Waals surface area contributed by atoms with Gasteiger partial charge in [0.25, 0.3) is 0 Å². The first-order valence-electron chi connectivity index (χ1n) is 6.82. The number of hydrogen-bond acceptors (Lipinski definition) is 3. The van der Waals surface area contributed by atoms with Gasteiger partial charge in [0.1, 0.15) is 5.60 Å². The van der Waals surface area contributed by atoms with E-state index in [4.69, 9.17) is 4.74 Å². The average Bonchev–Trinajstić information content (AvgIpc) is 2.67. The summed E-state index contributed by atoms with van der Waals surface area (Å²) in [7, 11) is 1.94. The number of ether oxygens (including phenoxy) is 1. The Balaban J connectivity index is 1.57. The van der Waals surface area contributed by atoms with Gasteiger partial charge >= 0.3 is 6.09 Å². The third-order valence-corrected chi connectivity index (χ3v) is 3.92. The summed E-state index contributed by atoms with van der Waals surface area (Å²) in [5, 5.41) is 4.47. The highest BCUT2D eigenvalue weighted by atomic mass is 16.6. The Labute approximate surface area is 113 Å². The summed E-state index contributed by atoms with van der Waals surface area (Å²) in [5.41, 5.74) is 0.755. The van der Waals surface area contributed by atoms with Crippen molar-refractivity contribution in [1.29, 1.82) is 0 Å². The zero-order valence-electron chi connectivity index (χ0n) is 12.0. The van der Waals surface area contributed by atoms with Gasteiger partial charge in [0.2, 0.25) is 0 Å². The summed E-state index contributed by atoms with van der Waals surface area (Å²) >= 11 is 0. The van der Waals surface area contributed by atoms with E-state index in [-0.39, 0.29) is 6.09 Å². The van der Waals surface area contributed by atoms with Gasteiger partial charge in [-0.25, -0.2) is 4.79 Å². The summed E-state index contributed by atoms with van der Waals surface area (Å²) in [4.78, 5) is 13.8. The smallest absolute Gasteiger partial charge is 0.410 e. The molecule has 1 aromatic rings. The van der Waals surface area contributed by atoms with E-state index in [9.17, 15) is 4.79 Å². The fourth-order valence-electron chi connectivity index (χ4n) is 3.05. The van der Waals surface area contributed by atoms with E-state index in [1.807, 2.05) is 43.6 Å². The van der Waals surface area contributed by atoms with Crippen molar-refractivity contribution in [1.82, 2.24) is 14.7 Å². The lowest BCUT2D eigenvalue weighted by Gasteiger charge is -2.25. The molecule has 1 saturated carbocycles. The minimum Gasteiger partial charge on any atom is -0.444 e. The molecular formula is C14H21N3O2. The maximum atomic E-state index is 12.0. The van der Waals surface area contributed by atoms with Crippen molar-refractivity contribution in [3.8, 4) is 0 Å². The molecule has 2 aliphatic rings. The Morgan fingerprint density at radius 2 is 2.00 bits per heavy atom. The van der Waals surface area contributed by atoms with Crippen LogP contribution in [0.4, 0.5) is 4.79 Å². The van der Waals surface area contributed by atoms with E-state index in [0.29, 0.717) is 17.8 Å². The molecule has 3 atom stereocenters. The Morgan fingerprint density at radius 1 is 1.37 bits per heavy atom. The number of likely N-dealkylation sites (tertiary alicyclic amines) is 1. The van der Waals surface area contributed by atoms with Crippen molar-refractivity contribution in [2.75, 3.05) is 13.1 Å². The number of aromatic nitrogens is 2. The molecule has 0 N–H and O–H groups in total. The fourth-order valence-corrected chi connectivity index (χ4v) is 3.05. The van der Waals surface area contributed by atoms with Crippen LogP contribution in [0.15, 0.2) is 12.3 Å². The molecule has 0 radical (unpaired) electrons. The first-order valence-corrected chi connectivity index (χ1v) is 6.82. The summed E-state index contributed by atoms with van der Waals surface area (Å²) < 4.78 is 7.25. The summed E-state index contributed by atoms with van der Waals surface area (Å²) in [6.07, 6.45) is 1.80. The van der Waals surface area contributed by atoms with E-state index in [2.05, 4.69) is 11.2 Å². The Bertz CT molecular complexity index is 491. The van der Waals surface area contributed by atoms with Gasteiger partial charge in [-0.15, -0.1) is 0 Å². The predicted octanol–water partition coefficient (Wildman–Crippen LogP) is 2.00. The molecule has 5 heteroatoms. The molecule has 0 unspecified atom stereocenters. The standard InChI is InChI=1S/C14H21N3O2/c1-14(2,3)19-13(18)17-7-9-10(8-17)12(9)11-5-6-16(4)15-11/h5-6,9-10,12H,7-8H2,1-4H3/t9-,10+,12+. The third-order valence-electron chi connectivity index (χ3n) is 3.92. The molecule has 1 amide bonds. The molecule has 0 spiro atoms. The number of fused-ring (bicyclic) bond motifs is 1. The van der Waals surface area contributed by atoms with E-state index in [1.165, 1.54) is 5.69 Å². The van der Waals surface area contributed by atoms with Crippen LogP contribution in [0.25, 0.3) is 0 Å². The van der Waals surface area contributed by atoms with Crippen molar-refractivity contribution < 1.29 is 9.53 Å². The van der Waals surface area contributed by atoms with Crippen molar-refractivity contribution in [2.24, 2.45) is 18.9 Å². The molecule has 2 fully saturated rings. The Hall–Kier alpha value is -1.52. The normalized spacial score (nSPS) is 29.3. The molecular weight excluding hydrogens is 242 g/mol.